The van der Waals surface area contributed by atoms with Crippen LogP contribution < -0.4 is 10.2 Å². The van der Waals surface area contributed by atoms with Crippen LogP contribution in [0.4, 0.5) is 5.82 Å². The highest BCUT2D eigenvalue weighted by atomic mass is 35.5. The van der Waals surface area contributed by atoms with Gasteiger partial charge >= 0.3 is 0 Å². The van der Waals surface area contributed by atoms with Gasteiger partial charge < -0.3 is 20.2 Å². The summed E-state index contributed by atoms with van der Waals surface area (Å²) in [6, 6.07) is 7.87. The van der Waals surface area contributed by atoms with Crippen LogP contribution in [0, 0.1) is 0 Å². The van der Waals surface area contributed by atoms with E-state index in [1.807, 2.05) is 36.1 Å². The first kappa shape index (κ1) is 29.6. The van der Waals surface area contributed by atoms with Crippen LogP contribution in [-0.2, 0) is 10.4 Å². The summed E-state index contributed by atoms with van der Waals surface area (Å²) in [6.45, 7) is 11.4. The summed E-state index contributed by atoms with van der Waals surface area (Å²) in [5.74, 6) is 0.972. The Morgan fingerprint density at radius 1 is 1.17 bits per heavy atom. The maximum atomic E-state index is 13.5. The molecular weight excluding hydrogens is 509 g/mol. The van der Waals surface area contributed by atoms with Gasteiger partial charge in [0, 0.05) is 49.4 Å². The van der Waals surface area contributed by atoms with Crippen LogP contribution in [0.2, 0.25) is 5.02 Å². The van der Waals surface area contributed by atoms with Gasteiger partial charge in [0.1, 0.15) is 17.7 Å². The molecule has 0 bridgehead atoms. The van der Waals surface area contributed by atoms with Gasteiger partial charge in [-0.2, -0.15) is 0 Å². The van der Waals surface area contributed by atoms with Gasteiger partial charge in [0.25, 0.3) is 0 Å². The molecule has 4 rings (SSSR count). The SMILES string of the molecule is CC(C)NCC(C(=O)N1CCN(c2ncnc3c2[C@H](C)CC3(C)O)CC1)c1ccc(Cl)cc1.Cl.Cl. The third-order valence-electron chi connectivity index (χ3n) is 6.76. The van der Waals surface area contributed by atoms with E-state index in [0.29, 0.717) is 50.2 Å². The summed E-state index contributed by atoms with van der Waals surface area (Å²) in [7, 11) is 0. The molecule has 1 aliphatic carbocycles. The first-order valence-corrected chi connectivity index (χ1v) is 12.2. The molecule has 1 saturated heterocycles. The van der Waals surface area contributed by atoms with Crippen LogP contribution >= 0.6 is 36.4 Å². The van der Waals surface area contributed by atoms with Crippen molar-refractivity contribution >= 4 is 48.1 Å². The van der Waals surface area contributed by atoms with E-state index < -0.39 is 5.60 Å². The number of carbonyl (C=O) groups excluding carboxylic acids is 1. The van der Waals surface area contributed by atoms with Gasteiger partial charge in [-0.1, -0.05) is 44.5 Å². The van der Waals surface area contributed by atoms with Crippen molar-refractivity contribution in [3.63, 3.8) is 0 Å². The minimum atomic E-state index is -0.917. The second kappa shape index (κ2) is 12.1. The molecule has 2 unspecified atom stereocenters. The summed E-state index contributed by atoms with van der Waals surface area (Å²) in [5.41, 5.74) is 1.84. The zero-order valence-corrected chi connectivity index (χ0v) is 23.1. The topological polar surface area (TPSA) is 81.6 Å². The molecule has 35 heavy (non-hydrogen) atoms. The lowest BCUT2D eigenvalue weighted by Crippen LogP contribution is -2.51. The van der Waals surface area contributed by atoms with E-state index >= 15 is 0 Å². The van der Waals surface area contributed by atoms with Crippen molar-refractivity contribution in [3.8, 4) is 0 Å². The van der Waals surface area contributed by atoms with Gasteiger partial charge in [0.05, 0.1) is 11.6 Å². The molecule has 0 radical (unpaired) electrons. The van der Waals surface area contributed by atoms with Crippen molar-refractivity contribution in [1.82, 2.24) is 20.2 Å². The molecular formula is C25H36Cl3N5O2. The highest BCUT2D eigenvalue weighted by molar-refractivity contribution is 6.30. The standard InChI is InChI=1S/C25H34ClN5O2.2ClH/c1-16(2)27-14-20(18-5-7-19(26)8-6-18)24(32)31-11-9-30(10-12-31)23-21-17(3)13-25(4,33)22(21)28-15-29-23;;/h5-8,15-17,20,27,33H,9-14H2,1-4H3;2*1H/t17-,20?,25?;;/m1../s1. The van der Waals surface area contributed by atoms with Crippen LogP contribution in [0.5, 0.6) is 0 Å². The molecule has 1 aliphatic heterocycles. The Morgan fingerprint density at radius 2 is 1.80 bits per heavy atom. The summed E-state index contributed by atoms with van der Waals surface area (Å²) in [5, 5.41) is 14.8. The van der Waals surface area contributed by atoms with Crippen LogP contribution in [-0.4, -0.2) is 64.6 Å². The number of nitrogens with one attached hydrogen (secondary N) is 1. The predicted octanol–water partition coefficient (Wildman–Crippen LogP) is 4.12. The number of rotatable bonds is 6. The first-order chi connectivity index (χ1) is 15.7. The van der Waals surface area contributed by atoms with Crippen molar-refractivity contribution in [2.75, 3.05) is 37.6 Å². The number of aromatic nitrogens is 2. The van der Waals surface area contributed by atoms with Crippen molar-refractivity contribution in [2.24, 2.45) is 0 Å². The Bertz CT molecular complexity index is 995. The smallest absolute Gasteiger partial charge is 0.231 e. The number of carbonyl (C=O) groups is 1. The van der Waals surface area contributed by atoms with E-state index in [4.69, 9.17) is 11.6 Å². The lowest BCUT2D eigenvalue weighted by atomic mass is 9.96. The molecule has 1 fully saturated rings. The Labute approximate surface area is 225 Å². The van der Waals surface area contributed by atoms with Gasteiger partial charge in [0.15, 0.2) is 0 Å². The van der Waals surface area contributed by atoms with Crippen LogP contribution in [0.1, 0.15) is 62.8 Å². The second-order valence-corrected chi connectivity index (χ2v) is 10.3. The summed E-state index contributed by atoms with van der Waals surface area (Å²) >= 11 is 6.07. The average molecular weight is 545 g/mol. The molecule has 1 amide bonds. The number of anilines is 1. The second-order valence-electron chi connectivity index (χ2n) is 9.82. The van der Waals surface area contributed by atoms with E-state index in [9.17, 15) is 9.90 Å². The monoisotopic (exact) mass is 543 g/mol. The molecule has 1 aromatic carbocycles. The number of halogens is 3. The van der Waals surface area contributed by atoms with Crippen LogP contribution in [0.3, 0.4) is 0 Å². The molecule has 2 aromatic rings. The van der Waals surface area contributed by atoms with Crippen molar-refractivity contribution in [1.29, 1.82) is 0 Å². The lowest BCUT2D eigenvalue weighted by molar-refractivity contribution is -0.133. The van der Waals surface area contributed by atoms with Gasteiger partial charge in [-0.15, -0.1) is 24.8 Å². The zero-order chi connectivity index (χ0) is 23.8. The van der Waals surface area contributed by atoms with E-state index in [1.54, 1.807) is 6.33 Å². The molecule has 7 nitrogen and oxygen atoms in total. The molecule has 2 N–H and O–H groups in total. The number of benzene rings is 1. The van der Waals surface area contributed by atoms with E-state index in [2.05, 4.69) is 41.0 Å². The Hall–Kier alpha value is -1.64. The Kier molecular flexibility index (Phi) is 10.2. The zero-order valence-electron chi connectivity index (χ0n) is 20.7. The molecule has 2 heterocycles. The van der Waals surface area contributed by atoms with Gasteiger partial charge in [0.2, 0.25) is 5.91 Å². The number of hydrogen-bond donors (Lipinski definition) is 2. The highest BCUT2D eigenvalue weighted by Crippen LogP contribution is 2.46. The minimum absolute atomic E-state index is 0. The van der Waals surface area contributed by atoms with Crippen LogP contribution in [0.25, 0.3) is 0 Å². The fourth-order valence-corrected chi connectivity index (χ4v) is 5.20. The minimum Gasteiger partial charge on any atom is -0.384 e. The summed E-state index contributed by atoms with van der Waals surface area (Å²) < 4.78 is 0. The molecule has 194 valence electrons. The fraction of sp³-hybridized carbons (Fsp3) is 0.560. The summed E-state index contributed by atoms with van der Waals surface area (Å²) in [6.07, 6.45) is 2.20. The molecule has 10 heteroatoms. The number of piperazine rings is 1. The van der Waals surface area contributed by atoms with Crippen LogP contribution in [0.15, 0.2) is 30.6 Å². The Balaban J connectivity index is 0.00000216. The fourth-order valence-electron chi connectivity index (χ4n) is 5.07. The van der Waals surface area contributed by atoms with Gasteiger partial charge in [-0.25, -0.2) is 9.97 Å². The predicted molar refractivity (Wildman–Crippen MR) is 145 cm³/mol. The number of aliphatic hydroxyl groups is 1. The molecule has 3 atom stereocenters. The van der Waals surface area contributed by atoms with Crippen molar-refractivity contribution in [3.05, 3.63) is 52.4 Å². The highest BCUT2D eigenvalue weighted by Gasteiger charge is 2.41. The number of fused-ring (bicyclic) bond motifs is 1. The first-order valence-electron chi connectivity index (χ1n) is 11.8. The Morgan fingerprint density at radius 3 is 2.40 bits per heavy atom. The van der Waals surface area contributed by atoms with E-state index in [0.717, 1.165) is 22.6 Å². The molecule has 1 aromatic heterocycles. The number of amides is 1. The average Bonchev–Trinajstić information content (AvgIpc) is 3.03. The maximum Gasteiger partial charge on any atom is 0.231 e. The summed E-state index contributed by atoms with van der Waals surface area (Å²) in [4.78, 5) is 26.7. The quantitative estimate of drug-likeness (QED) is 0.569. The van der Waals surface area contributed by atoms with Gasteiger partial charge in [-0.3, -0.25) is 4.79 Å². The number of hydrogen-bond acceptors (Lipinski definition) is 6. The number of nitrogens with zero attached hydrogens (tertiary/aromatic N) is 4. The largest absolute Gasteiger partial charge is 0.384 e. The molecule has 0 spiro atoms. The lowest BCUT2D eigenvalue weighted by Gasteiger charge is -2.38. The molecule has 0 saturated carbocycles. The van der Waals surface area contributed by atoms with Crippen molar-refractivity contribution < 1.29 is 9.90 Å². The molecule has 2 aliphatic rings. The van der Waals surface area contributed by atoms with E-state index in [-0.39, 0.29) is 42.6 Å². The third kappa shape index (κ3) is 6.38. The van der Waals surface area contributed by atoms with Gasteiger partial charge in [-0.05, 0) is 37.0 Å². The third-order valence-corrected chi connectivity index (χ3v) is 7.01. The normalized spacial score (nSPS) is 22.3. The van der Waals surface area contributed by atoms with Crippen molar-refractivity contribution in [2.45, 2.75) is 57.6 Å². The van der Waals surface area contributed by atoms with E-state index in [1.165, 1.54) is 0 Å². The maximum absolute atomic E-state index is 13.5.